The molecule has 0 radical (unpaired) electrons. The van der Waals surface area contributed by atoms with Crippen LogP contribution in [0.4, 0.5) is 0 Å². The molecule has 0 amide bonds. The third-order valence-corrected chi connectivity index (χ3v) is 6.01. The lowest BCUT2D eigenvalue weighted by molar-refractivity contribution is -0.137. The second kappa shape index (κ2) is 6.70. The molecule has 0 atom stereocenters. The van der Waals surface area contributed by atoms with Gasteiger partial charge in [0.15, 0.2) is 0 Å². The number of hydrogen-bond donors (Lipinski definition) is 1. The number of aryl methyl sites for hydroxylation is 2. The molecule has 0 bridgehead atoms. The van der Waals surface area contributed by atoms with E-state index in [4.69, 9.17) is 5.11 Å². The second-order valence-electron chi connectivity index (χ2n) is 6.56. The highest BCUT2D eigenvalue weighted by molar-refractivity contribution is 7.16. The number of carbonyl (C=O) groups is 2. The fourth-order valence-electron chi connectivity index (χ4n) is 3.82. The van der Waals surface area contributed by atoms with Gasteiger partial charge in [-0.15, -0.1) is 11.3 Å². The Morgan fingerprint density at radius 2 is 1.93 bits per heavy atom. The van der Waals surface area contributed by atoms with Gasteiger partial charge in [-0.25, -0.2) is 0 Å². The van der Waals surface area contributed by atoms with E-state index in [0.717, 1.165) is 33.4 Å². The van der Waals surface area contributed by atoms with E-state index in [2.05, 4.69) is 4.57 Å². The van der Waals surface area contributed by atoms with Crippen LogP contribution in [-0.4, -0.2) is 26.0 Å². The van der Waals surface area contributed by atoms with Crippen molar-refractivity contribution in [1.29, 1.82) is 0 Å². The summed E-state index contributed by atoms with van der Waals surface area (Å²) in [7, 11) is 0. The summed E-state index contributed by atoms with van der Waals surface area (Å²) in [5, 5.41) is 13.1. The molecule has 3 aromatic heterocycles. The smallest absolute Gasteiger partial charge is 0.305 e. The maximum Gasteiger partial charge on any atom is 0.305 e. The van der Waals surface area contributed by atoms with E-state index < -0.39 is 5.97 Å². The van der Waals surface area contributed by atoms with Crippen LogP contribution in [0.2, 0.25) is 0 Å². The number of thiophene rings is 1. The fourth-order valence-corrected chi connectivity index (χ4v) is 4.78. The van der Waals surface area contributed by atoms with Crippen molar-refractivity contribution in [3.8, 4) is 0 Å². The van der Waals surface area contributed by atoms with Gasteiger partial charge in [0.2, 0.25) is 5.78 Å². The minimum atomic E-state index is -0.847. The van der Waals surface area contributed by atoms with Crippen molar-refractivity contribution in [2.45, 2.75) is 33.4 Å². The SMILES string of the molecule is CCn1c(C(=O)c2c(C)n(CCC(=O)O)c3ccccc23)cc2ccsc21. The quantitative estimate of drug-likeness (QED) is 0.494. The molecule has 0 aliphatic carbocycles. The number of benzene rings is 1. The van der Waals surface area contributed by atoms with Crippen LogP contribution in [0.5, 0.6) is 0 Å². The van der Waals surface area contributed by atoms with Crippen LogP contribution in [0.15, 0.2) is 41.8 Å². The zero-order valence-electron chi connectivity index (χ0n) is 15.2. The normalized spacial score (nSPS) is 11.5. The van der Waals surface area contributed by atoms with Crippen LogP contribution in [0.25, 0.3) is 21.1 Å². The molecule has 0 saturated heterocycles. The van der Waals surface area contributed by atoms with E-state index >= 15 is 0 Å². The second-order valence-corrected chi connectivity index (χ2v) is 7.45. The molecule has 0 aliphatic heterocycles. The van der Waals surface area contributed by atoms with Crippen molar-refractivity contribution in [3.05, 3.63) is 58.7 Å². The van der Waals surface area contributed by atoms with Gasteiger partial charge in [-0.05, 0) is 37.4 Å². The molecule has 1 aromatic carbocycles. The van der Waals surface area contributed by atoms with Crippen molar-refractivity contribution in [2.75, 3.05) is 0 Å². The first-order chi connectivity index (χ1) is 13.0. The minimum absolute atomic E-state index is 0.0111. The van der Waals surface area contributed by atoms with Gasteiger partial charge in [-0.1, -0.05) is 18.2 Å². The summed E-state index contributed by atoms with van der Waals surface area (Å²) >= 11 is 1.64. The summed E-state index contributed by atoms with van der Waals surface area (Å²) in [5.41, 5.74) is 3.06. The van der Waals surface area contributed by atoms with Crippen molar-refractivity contribution >= 4 is 44.2 Å². The van der Waals surface area contributed by atoms with Crippen molar-refractivity contribution < 1.29 is 14.7 Å². The number of fused-ring (bicyclic) bond motifs is 2. The van der Waals surface area contributed by atoms with Crippen LogP contribution in [-0.2, 0) is 17.9 Å². The highest BCUT2D eigenvalue weighted by Crippen LogP contribution is 2.31. The lowest BCUT2D eigenvalue weighted by atomic mass is 10.0. The summed E-state index contributed by atoms with van der Waals surface area (Å²) in [6, 6.07) is 11.7. The lowest BCUT2D eigenvalue weighted by Gasteiger charge is -2.08. The topological polar surface area (TPSA) is 64.2 Å². The van der Waals surface area contributed by atoms with Gasteiger partial charge >= 0.3 is 5.97 Å². The van der Waals surface area contributed by atoms with Crippen molar-refractivity contribution in [2.24, 2.45) is 0 Å². The van der Waals surface area contributed by atoms with Crippen LogP contribution in [0, 0.1) is 6.92 Å². The van der Waals surface area contributed by atoms with Crippen LogP contribution in [0.3, 0.4) is 0 Å². The molecule has 5 nitrogen and oxygen atoms in total. The number of carboxylic acid groups (broad SMARTS) is 1. The van der Waals surface area contributed by atoms with E-state index in [1.807, 2.05) is 60.2 Å². The number of ketones is 1. The van der Waals surface area contributed by atoms with E-state index in [9.17, 15) is 9.59 Å². The van der Waals surface area contributed by atoms with Gasteiger partial charge in [-0.3, -0.25) is 9.59 Å². The molecule has 27 heavy (non-hydrogen) atoms. The molecule has 0 unspecified atom stereocenters. The highest BCUT2D eigenvalue weighted by atomic mass is 32.1. The number of aromatic nitrogens is 2. The van der Waals surface area contributed by atoms with Gasteiger partial charge < -0.3 is 14.2 Å². The van der Waals surface area contributed by atoms with E-state index in [1.165, 1.54) is 0 Å². The lowest BCUT2D eigenvalue weighted by Crippen LogP contribution is -2.11. The maximum atomic E-state index is 13.5. The molecular formula is C21H20N2O3S. The summed E-state index contributed by atoms with van der Waals surface area (Å²) in [6.45, 7) is 5.01. The Bertz CT molecular complexity index is 1180. The average Bonchev–Trinajstić information content (AvgIpc) is 3.30. The van der Waals surface area contributed by atoms with Gasteiger partial charge in [0.05, 0.1) is 17.7 Å². The molecule has 0 fully saturated rings. The van der Waals surface area contributed by atoms with Crippen LogP contribution >= 0.6 is 11.3 Å². The van der Waals surface area contributed by atoms with Crippen molar-refractivity contribution in [3.63, 3.8) is 0 Å². The van der Waals surface area contributed by atoms with E-state index in [0.29, 0.717) is 17.8 Å². The number of nitrogens with zero attached hydrogens (tertiary/aromatic N) is 2. The Balaban J connectivity index is 1.90. The Morgan fingerprint density at radius 1 is 1.15 bits per heavy atom. The number of para-hydroxylation sites is 1. The Labute approximate surface area is 160 Å². The zero-order chi connectivity index (χ0) is 19.1. The number of carboxylic acids is 1. The Kier molecular flexibility index (Phi) is 4.36. The minimum Gasteiger partial charge on any atom is -0.481 e. The summed E-state index contributed by atoms with van der Waals surface area (Å²) in [5.74, 6) is -0.858. The molecule has 3 heterocycles. The van der Waals surface area contributed by atoms with Crippen LogP contribution < -0.4 is 0 Å². The number of hydrogen-bond acceptors (Lipinski definition) is 3. The van der Waals surface area contributed by atoms with Crippen LogP contribution in [0.1, 0.15) is 35.1 Å². The summed E-state index contributed by atoms with van der Waals surface area (Å²) in [6.07, 6.45) is 0.0220. The average molecular weight is 380 g/mol. The third kappa shape index (κ3) is 2.77. The summed E-state index contributed by atoms with van der Waals surface area (Å²) < 4.78 is 4.00. The first-order valence-corrected chi connectivity index (χ1v) is 9.82. The largest absolute Gasteiger partial charge is 0.481 e. The van der Waals surface area contributed by atoms with Gasteiger partial charge in [-0.2, -0.15) is 0 Å². The highest BCUT2D eigenvalue weighted by Gasteiger charge is 2.24. The van der Waals surface area contributed by atoms with Gasteiger partial charge in [0, 0.05) is 35.1 Å². The maximum absolute atomic E-state index is 13.5. The number of rotatable bonds is 6. The first kappa shape index (κ1) is 17.5. The predicted octanol–water partition coefficient (Wildman–Crippen LogP) is 4.69. The Morgan fingerprint density at radius 3 is 2.67 bits per heavy atom. The molecule has 0 aliphatic rings. The molecule has 6 heteroatoms. The molecule has 1 N–H and O–H groups in total. The van der Waals surface area contributed by atoms with E-state index in [1.54, 1.807) is 11.3 Å². The monoisotopic (exact) mass is 380 g/mol. The van der Waals surface area contributed by atoms with Gasteiger partial charge in [0.25, 0.3) is 0 Å². The Hall–Kier alpha value is -2.86. The van der Waals surface area contributed by atoms with Gasteiger partial charge in [0.1, 0.15) is 4.83 Å². The number of carbonyl (C=O) groups excluding carboxylic acids is 1. The standard InChI is InChI=1S/C21H20N2O3S/c1-3-22-17(12-14-9-11-27-21(14)22)20(26)19-13(2)23(10-8-18(24)25)16-7-5-4-6-15(16)19/h4-7,9,11-12H,3,8,10H2,1-2H3,(H,24,25). The first-order valence-electron chi connectivity index (χ1n) is 8.94. The molecule has 138 valence electrons. The van der Waals surface area contributed by atoms with Crippen molar-refractivity contribution in [1.82, 2.24) is 9.13 Å². The third-order valence-electron chi connectivity index (χ3n) is 5.06. The predicted molar refractivity (Wildman–Crippen MR) is 108 cm³/mol. The fraction of sp³-hybridized carbons (Fsp3) is 0.238. The van der Waals surface area contributed by atoms with E-state index in [-0.39, 0.29) is 12.2 Å². The molecule has 0 saturated carbocycles. The molecule has 4 aromatic rings. The summed E-state index contributed by atoms with van der Waals surface area (Å²) in [4.78, 5) is 25.7. The number of aliphatic carboxylic acids is 1. The zero-order valence-corrected chi connectivity index (χ0v) is 16.0. The molecule has 0 spiro atoms. The molecule has 4 rings (SSSR count). The molecular weight excluding hydrogens is 360 g/mol.